The number of allylic oxidation sites excluding steroid dienone is 2. The molecule has 1 unspecified atom stereocenters. The van der Waals surface area contributed by atoms with Crippen LogP contribution < -0.4 is 16.0 Å². The number of dihydropyridines is 1. The van der Waals surface area contributed by atoms with E-state index in [0.717, 1.165) is 22.2 Å². The number of rotatable bonds is 10. The number of carboxylic acids is 1. The molecular formula is C32H32FN5O4. The van der Waals surface area contributed by atoms with Crippen LogP contribution in [0.25, 0.3) is 16.6 Å². The highest BCUT2D eigenvalue weighted by Gasteiger charge is 2.24. The zero-order chi connectivity index (χ0) is 29.8. The smallest absolute Gasteiger partial charge is 0.326 e. The lowest BCUT2D eigenvalue weighted by molar-refractivity contribution is -0.139. The van der Waals surface area contributed by atoms with Crippen molar-refractivity contribution in [2.24, 2.45) is 0 Å². The SMILES string of the molecule is CCc1cc(F)cc(C)c1C(=O)NC(Cc1ccc(C2=C(O)NCC(CNc3nc4ccccc4[nH]3)=C2)cc1)C(=O)O. The van der Waals surface area contributed by atoms with Gasteiger partial charge < -0.3 is 31.1 Å². The van der Waals surface area contributed by atoms with Crippen molar-refractivity contribution in [1.82, 2.24) is 20.6 Å². The molecule has 9 nitrogen and oxygen atoms in total. The van der Waals surface area contributed by atoms with Gasteiger partial charge in [-0.15, -0.1) is 0 Å². The molecule has 0 saturated carbocycles. The van der Waals surface area contributed by atoms with Crippen LogP contribution in [0.3, 0.4) is 0 Å². The Morgan fingerprint density at radius 3 is 2.60 bits per heavy atom. The predicted molar refractivity (Wildman–Crippen MR) is 160 cm³/mol. The number of aliphatic hydroxyl groups excluding tert-OH is 1. The first-order chi connectivity index (χ1) is 20.2. The minimum absolute atomic E-state index is 0.0484. The monoisotopic (exact) mass is 569 g/mol. The van der Waals surface area contributed by atoms with Crippen molar-refractivity contribution in [3.8, 4) is 0 Å². The lowest BCUT2D eigenvalue weighted by Crippen LogP contribution is -2.42. The van der Waals surface area contributed by atoms with E-state index in [0.29, 0.717) is 53.3 Å². The molecule has 1 aliphatic heterocycles. The van der Waals surface area contributed by atoms with Gasteiger partial charge in [-0.2, -0.15) is 0 Å². The number of aryl methyl sites for hydroxylation is 2. The highest BCUT2D eigenvalue weighted by molar-refractivity contribution is 5.99. The van der Waals surface area contributed by atoms with E-state index in [1.807, 2.05) is 37.3 Å². The molecule has 0 radical (unpaired) electrons. The number of hydrogen-bond donors (Lipinski definition) is 6. The summed E-state index contributed by atoms with van der Waals surface area (Å²) in [5, 5.41) is 29.2. The Balaban J connectivity index is 1.26. The van der Waals surface area contributed by atoms with Gasteiger partial charge in [-0.1, -0.05) is 43.3 Å². The molecule has 3 aromatic carbocycles. The number of aromatic nitrogens is 2. The second kappa shape index (κ2) is 12.2. The minimum Gasteiger partial charge on any atom is -0.494 e. The molecule has 216 valence electrons. The van der Waals surface area contributed by atoms with Crippen LogP contribution in [-0.4, -0.2) is 51.2 Å². The van der Waals surface area contributed by atoms with Gasteiger partial charge >= 0.3 is 5.97 Å². The van der Waals surface area contributed by atoms with Crippen LogP contribution >= 0.6 is 0 Å². The van der Waals surface area contributed by atoms with Gasteiger partial charge in [-0.3, -0.25) is 4.79 Å². The van der Waals surface area contributed by atoms with Crippen molar-refractivity contribution in [3.05, 3.63) is 112 Å². The second-order valence-corrected chi connectivity index (χ2v) is 10.3. The molecule has 0 fully saturated rings. The number of aromatic amines is 1. The first-order valence-corrected chi connectivity index (χ1v) is 13.7. The quantitative estimate of drug-likeness (QED) is 0.160. The van der Waals surface area contributed by atoms with Gasteiger partial charge in [0.1, 0.15) is 11.9 Å². The van der Waals surface area contributed by atoms with E-state index in [4.69, 9.17) is 0 Å². The summed E-state index contributed by atoms with van der Waals surface area (Å²) in [6, 6.07) is 16.3. The van der Waals surface area contributed by atoms with Crippen molar-refractivity contribution < 1.29 is 24.2 Å². The molecule has 0 spiro atoms. The zero-order valence-electron chi connectivity index (χ0n) is 23.3. The number of imidazole rings is 1. The molecule has 1 amide bonds. The molecule has 0 saturated heterocycles. The number of amides is 1. The number of nitrogens with zero attached hydrogens (tertiary/aromatic N) is 1. The van der Waals surface area contributed by atoms with Crippen LogP contribution in [0, 0.1) is 12.7 Å². The van der Waals surface area contributed by atoms with Gasteiger partial charge in [0.05, 0.1) is 11.0 Å². The number of H-pyrrole nitrogens is 1. The van der Waals surface area contributed by atoms with Gasteiger partial charge in [-0.25, -0.2) is 14.2 Å². The van der Waals surface area contributed by atoms with Gasteiger partial charge in [0.2, 0.25) is 5.95 Å². The summed E-state index contributed by atoms with van der Waals surface area (Å²) in [4.78, 5) is 32.8. The Labute approximate surface area is 242 Å². The van der Waals surface area contributed by atoms with Crippen molar-refractivity contribution in [2.45, 2.75) is 32.7 Å². The molecule has 2 heterocycles. The summed E-state index contributed by atoms with van der Waals surface area (Å²) >= 11 is 0. The van der Waals surface area contributed by atoms with Crippen molar-refractivity contribution in [2.75, 3.05) is 18.4 Å². The van der Waals surface area contributed by atoms with Crippen LogP contribution in [0.5, 0.6) is 0 Å². The van der Waals surface area contributed by atoms with Crippen molar-refractivity contribution >= 4 is 34.4 Å². The third-order valence-electron chi connectivity index (χ3n) is 7.26. The number of fused-ring (bicyclic) bond motifs is 1. The number of anilines is 1. The molecule has 6 N–H and O–H groups in total. The van der Waals surface area contributed by atoms with E-state index in [-0.39, 0.29) is 12.3 Å². The Bertz CT molecular complexity index is 1670. The summed E-state index contributed by atoms with van der Waals surface area (Å²) < 4.78 is 13.8. The van der Waals surface area contributed by atoms with E-state index < -0.39 is 23.7 Å². The largest absolute Gasteiger partial charge is 0.494 e. The lowest BCUT2D eigenvalue weighted by Gasteiger charge is -2.20. The summed E-state index contributed by atoms with van der Waals surface area (Å²) in [5.41, 5.74) is 6.13. The molecule has 1 aromatic heterocycles. The molecule has 1 atom stereocenters. The van der Waals surface area contributed by atoms with E-state index >= 15 is 0 Å². The predicted octanol–water partition coefficient (Wildman–Crippen LogP) is 4.87. The topological polar surface area (TPSA) is 139 Å². The number of aliphatic carboxylic acids is 1. The second-order valence-electron chi connectivity index (χ2n) is 10.3. The Morgan fingerprint density at radius 1 is 1.12 bits per heavy atom. The molecule has 10 heteroatoms. The summed E-state index contributed by atoms with van der Waals surface area (Å²) in [5.74, 6) is -1.46. The number of carbonyl (C=O) groups excluding carboxylic acids is 1. The Kier molecular flexibility index (Phi) is 8.24. The normalized spacial score (nSPS) is 13.8. The van der Waals surface area contributed by atoms with Crippen molar-refractivity contribution in [1.29, 1.82) is 0 Å². The van der Waals surface area contributed by atoms with Crippen LogP contribution in [0.4, 0.5) is 10.3 Å². The average Bonchev–Trinajstić information content (AvgIpc) is 3.39. The first-order valence-electron chi connectivity index (χ1n) is 13.7. The number of aliphatic hydroxyl groups is 1. The summed E-state index contributed by atoms with van der Waals surface area (Å²) in [6.45, 7) is 4.42. The highest BCUT2D eigenvalue weighted by Crippen LogP contribution is 2.24. The van der Waals surface area contributed by atoms with E-state index in [9.17, 15) is 24.2 Å². The van der Waals surface area contributed by atoms with Crippen LogP contribution in [0.15, 0.2) is 78.2 Å². The fourth-order valence-electron chi connectivity index (χ4n) is 5.09. The molecule has 1 aliphatic rings. The molecular weight excluding hydrogens is 537 g/mol. The number of carboxylic acid groups (broad SMARTS) is 1. The number of benzene rings is 3. The Morgan fingerprint density at radius 2 is 1.88 bits per heavy atom. The van der Waals surface area contributed by atoms with Gasteiger partial charge in [0.25, 0.3) is 5.91 Å². The molecule has 5 rings (SSSR count). The number of nitrogens with one attached hydrogen (secondary N) is 4. The highest BCUT2D eigenvalue weighted by atomic mass is 19.1. The third-order valence-corrected chi connectivity index (χ3v) is 7.26. The minimum atomic E-state index is -1.18. The standard InChI is InChI=1S/C32H32FN5O4/c1-3-21-15-23(33)12-18(2)28(21)30(40)36-27(31(41)42)14-19-8-10-22(11-9-19)24-13-20(16-34-29(24)39)17-35-32-37-25-6-4-5-7-26(25)38-32/h4-13,15,27,34,39H,3,14,16-17H2,1-2H3,(H,36,40)(H,41,42)(H2,35,37,38). The zero-order valence-corrected chi connectivity index (χ0v) is 23.3. The Hall–Kier alpha value is -5.12. The number of para-hydroxylation sites is 2. The van der Waals surface area contributed by atoms with Gasteiger partial charge in [-0.05, 0) is 71.5 Å². The summed E-state index contributed by atoms with van der Waals surface area (Å²) in [6.07, 6.45) is 2.40. The first kappa shape index (κ1) is 28.4. The molecule has 4 aromatic rings. The van der Waals surface area contributed by atoms with E-state index in [2.05, 4.69) is 25.9 Å². The molecule has 0 bridgehead atoms. The maximum Gasteiger partial charge on any atom is 0.326 e. The lowest BCUT2D eigenvalue weighted by atomic mass is 9.96. The van der Waals surface area contributed by atoms with Gasteiger partial charge in [0, 0.05) is 30.6 Å². The molecule has 42 heavy (non-hydrogen) atoms. The maximum atomic E-state index is 13.8. The van der Waals surface area contributed by atoms with E-state index in [1.165, 1.54) is 12.1 Å². The maximum absolute atomic E-state index is 13.8. The third kappa shape index (κ3) is 6.27. The molecule has 0 aliphatic carbocycles. The number of hydrogen-bond acceptors (Lipinski definition) is 6. The van der Waals surface area contributed by atoms with Crippen LogP contribution in [0.1, 0.15) is 39.5 Å². The average molecular weight is 570 g/mol. The fraction of sp³-hybridized carbons (Fsp3) is 0.219. The fourth-order valence-corrected chi connectivity index (χ4v) is 5.09. The van der Waals surface area contributed by atoms with Crippen molar-refractivity contribution in [3.63, 3.8) is 0 Å². The van der Waals surface area contributed by atoms with Crippen LogP contribution in [0.2, 0.25) is 0 Å². The van der Waals surface area contributed by atoms with Crippen LogP contribution in [-0.2, 0) is 17.6 Å². The number of halogens is 1. The van der Waals surface area contributed by atoms with E-state index in [1.54, 1.807) is 31.2 Å². The van der Waals surface area contributed by atoms with Gasteiger partial charge in [0.15, 0.2) is 5.88 Å². The summed E-state index contributed by atoms with van der Waals surface area (Å²) in [7, 11) is 0. The number of carbonyl (C=O) groups is 2.